The molecule has 1 unspecified atom stereocenters. The SMILES string of the molecule is C[C@@H]1C(O)(C(C)(C)C)[C@H](C)[C@]2(C)C=C[C@@]1(C)O2. The monoisotopic (exact) mass is 238 g/mol. The van der Waals surface area contributed by atoms with Crippen molar-refractivity contribution in [3.05, 3.63) is 12.2 Å². The Morgan fingerprint density at radius 1 is 1.00 bits per heavy atom. The summed E-state index contributed by atoms with van der Waals surface area (Å²) in [6.07, 6.45) is 4.27. The molecule has 1 N–H and O–H groups in total. The lowest BCUT2D eigenvalue weighted by atomic mass is 9.56. The molecule has 2 aliphatic heterocycles. The van der Waals surface area contributed by atoms with Crippen molar-refractivity contribution < 1.29 is 9.84 Å². The Morgan fingerprint density at radius 3 is 1.65 bits per heavy atom. The Labute approximate surface area is 105 Å². The molecule has 98 valence electrons. The van der Waals surface area contributed by atoms with Crippen LogP contribution in [0.2, 0.25) is 0 Å². The van der Waals surface area contributed by atoms with Crippen LogP contribution in [-0.4, -0.2) is 21.9 Å². The zero-order valence-corrected chi connectivity index (χ0v) is 12.2. The van der Waals surface area contributed by atoms with E-state index < -0.39 is 5.60 Å². The summed E-state index contributed by atoms with van der Waals surface area (Å²) >= 11 is 0. The standard InChI is InChI=1S/C15H26O2/c1-10-13(6)8-9-14(7,17-13)11(2)15(10,16)12(3,4)5/h8-11,16H,1-7H3/t10-,11+,13+,14-,15?. The molecule has 0 aromatic carbocycles. The van der Waals surface area contributed by atoms with E-state index in [9.17, 15) is 5.11 Å². The van der Waals surface area contributed by atoms with Crippen molar-refractivity contribution in [2.75, 3.05) is 0 Å². The lowest BCUT2D eigenvalue weighted by Crippen LogP contribution is -2.68. The van der Waals surface area contributed by atoms with Crippen LogP contribution in [0.4, 0.5) is 0 Å². The number of aliphatic hydroxyl groups is 1. The number of fused-ring (bicyclic) bond motifs is 2. The molecule has 0 aromatic heterocycles. The summed E-state index contributed by atoms with van der Waals surface area (Å²) in [7, 11) is 0. The fourth-order valence-electron chi connectivity index (χ4n) is 3.89. The molecule has 0 saturated carbocycles. The predicted molar refractivity (Wildman–Crippen MR) is 69.8 cm³/mol. The maximum absolute atomic E-state index is 11.3. The van der Waals surface area contributed by atoms with Gasteiger partial charge in [0.15, 0.2) is 0 Å². The van der Waals surface area contributed by atoms with Crippen molar-refractivity contribution in [3.8, 4) is 0 Å². The Balaban J connectivity index is 2.57. The Hall–Kier alpha value is -0.340. The van der Waals surface area contributed by atoms with Gasteiger partial charge in [-0.3, -0.25) is 0 Å². The summed E-state index contributed by atoms with van der Waals surface area (Å²) in [6, 6.07) is 0. The van der Waals surface area contributed by atoms with Crippen molar-refractivity contribution in [2.24, 2.45) is 17.3 Å². The summed E-state index contributed by atoms with van der Waals surface area (Å²) in [6.45, 7) is 14.8. The zero-order chi connectivity index (χ0) is 13.3. The van der Waals surface area contributed by atoms with Crippen LogP contribution in [0.1, 0.15) is 48.5 Å². The van der Waals surface area contributed by atoms with E-state index >= 15 is 0 Å². The summed E-state index contributed by atoms with van der Waals surface area (Å²) < 4.78 is 6.22. The van der Waals surface area contributed by atoms with Gasteiger partial charge in [-0.2, -0.15) is 0 Å². The van der Waals surface area contributed by atoms with E-state index in [1.165, 1.54) is 0 Å². The number of rotatable bonds is 0. The Bertz CT molecular complexity index is 342. The third-order valence-corrected chi connectivity index (χ3v) is 5.43. The normalized spacial score (nSPS) is 54.1. The molecule has 1 fully saturated rings. The van der Waals surface area contributed by atoms with E-state index in [1.807, 2.05) is 0 Å². The number of ether oxygens (including phenoxy) is 1. The molecule has 2 nitrogen and oxygen atoms in total. The first-order chi connectivity index (χ1) is 7.47. The van der Waals surface area contributed by atoms with Crippen LogP contribution in [-0.2, 0) is 4.74 Å². The molecule has 17 heavy (non-hydrogen) atoms. The molecule has 2 aliphatic rings. The van der Waals surface area contributed by atoms with Crippen molar-refractivity contribution in [2.45, 2.75) is 65.3 Å². The summed E-state index contributed by atoms with van der Waals surface area (Å²) in [5, 5.41) is 11.3. The highest BCUT2D eigenvalue weighted by atomic mass is 16.5. The second-order valence-corrected chi connectivity index (χ2v) is 7.32. The minimum Gasteiger partial charge on any atom is -0.389 e. The van der Waals surface area contributed by atoms with E-state index in [4.69, 9.17) is 4.74 Å². The molecule has 0 amide bonds. The Morgan fingerprint density at radius 2 is 1.35 bits per heavy atom. The van der Waals surface area contributed by atoms with Crippen molar-refractivity contribution in [3.63, 3.8) is 0 Å². The minimum absolute atomic E-state index is 0.0804. The molecule has 2 rings (SSSR count). The molecule has 1 saturated heterocycles. The minimum atomic E-state index is -0.724. The van der Waals surface area contributed by atoms with E-state index in [2.05, 4.69) is 60.6 Å². The van der Waals surface area contributed by atoms with Crippen LogP contribution < -0.4 is 0 Å². The fraction of sp³-hybridized carbons (Fsp3) is 0.867. The highest BCUT2D eigenvalue weighted by Crippen LogP contribution is 2.58. The highest BCUT2D eigenvalue weighted by Gasteiger charge is 2.65. The van der Waals surface area contributed by atoms with Gasteiger partial charge in [-0.05, 0) is 19.3 Å². The van der Waals surface area contributed by atoms with E-state index in [1.54, 1.807) is 0 Å². The van der Waals surface area contributed by atoms with Gasteiger partial charge < -0.3 is 9.84 Å². The Kier molecular flexibility index (Phi) is 2.43. The topological polar surface area (TPSA) is 29.5 Å². The largest absolute Gasteiger partial charge is 0.389 e. The van der Waals surface area contributed by atoms with Gasteiger partial charge in [0.1, 0.15) is 0 Å². The quantitative estimate of drug-likeness (QED) is 0.657. The lowest BCUT2D eigenvalue weighted by molar-refractivity contribution is -0.282. The van der Waals surface area contributed by atoms with Crippen LogP contribution >= 0.6 is 0 Å². The fourth-order valence-corrected chi connectivity index (χ4v) is 3.89. The molecule has 0 aromatic rings. The summed E-state index contributed by atoms with van der Waals surface area (Å²) in [5.74, 6) is 0.161. The average Bonchev–Trinajstić information content (AvgIpc) is 2.49. The van der Waals surface area contributed by atoms with Crippen molar-refractivity contribution >= 4 is 0 Å². The molecular weight excluding hydrogens is 212 g/mol. The number of hydrogen-bond donors (Lipinski definition) is 1. The van der Waals surface area contributed by atoms with Crippen molar-refractivity contribution in [1.29, 1.82) is 0 Å². The van der Waals surface area contributed by atoms with Gasteiger partial charge in [0.2, 0.25) is 0 Å². The van der Waals surface area contributed by atoms with E-state index in [-0.39, 0.29) is 28.5 Å². The lowest BCUT2D eigenvalue weighted by Gasteiger charge is -2.60. The third-order valence-electron chi connectivity index (χ3n) is 5.43. The third kappa shape index (κ3) is 1.40. The average molecular weight is 238 g/mol. The molecule has 2 heteroatoms. The second kappa shape index (κ2) is 3.16. The van der Waals surface area contributed by atoms with Gasteiger partial charge in [-0.1, -0.05) is 46.8 Å². The van der Waals surface area contributed by atoms with E-state index in [0.717, 1.165) is 0 Å². The molecule has 0 spiro atoms. The van der Waals surface area contributed by atoms with Crippen molar-refractivity contribution in [1.82, 2.24) is 0 Å². The molecule has 0 radical (unpaired) electrons. The van der Waals surface area contributed by atoms with Gasteiger partial charge in [-0.25, -0.2) is 0 Å². The molecule has 5 atom stereocenters. The van der Waals surface area contributed by atoms with Crippen LogP contribution in [0.3, 0.4) is 0 Å². The van der Waals surface area contributed by atoms with Gasteiger partial charge >= 0.3 is 0 Å². The first-order valence-corrected chi connectivity index (χ1v) is 6.60. The summed E-state index contributed by atoms with van der Waals surface area (Å²) in [4.78, 5) is 0. The molecule has 2 heterocycles. The van der Waals surface area contributed by atoms with Crippen LogP contribution in [0, 0.1) is 17.3 Å². The van der Waals surface area contributed by atoms with Crippen LogP contribution in [0.15, 0.2) is 12.2 Å². The van der Waals surface area contributed by atoms with Crippen LogP contribution in [0.5, 0.6) is 0 Å². The van der Waals surface area contributed by atoms with Gasteiger partial charge in [0.05, 0.1) is 16.8 Å². The predicted octanol–water partition coefficient (Wildman–Crippen LogP) is 3.15. The van der Waals surface area contributed by atoms with Gasteiger partial charge in [0, 0.05) is 11.8 Å². The maximum Gasteiger partial charge on any atom is 0.0900 e. The van der Waals surface area contributed by atoms with Gasteiger partial charge in [0.25, 0.3) is 0 Å². The second-order valence-electron chi connectivity index (χ2n) is 7.32. The van der Waals surface area contributed by atoms with Crippen LogP contribution in [0.25, 0.3) is 0 Å². The van der Waals surface area contributed by atoms with Gasteiger partial charge in [-0.15, -0.1) is 0 Å². The first kappa shape index (κ1) is 13.1. The smallest absolute Gasteiger partial charge is 0.0900 e. The zero-order valence-electron chi connectivity index (χ0n) is 12.2. The number of hydrogen-bond acceptors (Lipinski definition) is 2. The van der Waals surface area contributed by atoms with E-state index in [0.29, 0.717) is 0 Å². The molecule has 2 bridgehead atoms. The molecule has 0 aliphatic carbocycles. The first-order valence-electron chi connectivity index (χ1n) is 6.60. The summed E-state index contributed by atoms with van der Waals surface area (Å²) in [5.41, 5.74) is -1.57. The maximum atomic E-state index is 11.3. The molecular formula is C15H26O2. The highest BCUT2D eigenvalue weighted by molar-refractivity contribution is 5.28.